The Morgan fingerprint density at radius 2 is 1.89 bits per heavy atom. The van der Waals surface area contributed by atoms with E-state index in [-0.39, 0.29) is 4.90 Å². The van der Waals surface area contributed by atoms with Crippen LogP contribution in [0, 0.1) is 0 Å². The van der Waals surface area contributed by atoms with Gasteiger partial charge in [-0.1, -0.05) is 18.2 Å². The van der Waals surface area contributed by atoms with Gasteiger partial charge in [-0.3, -0.25) is 0 Å². The number of nitrogens with zero attached hydrogens (tertiary/aromatic N) is 1. The summed E-state index contributed by atoms with van der Waals surface area (Å²) in [5.74, 6) is 0. The molecule has 1 heterocycles. The van der Waals surface area contributed by atoms with Gasteiger partial charge in [0.1, 0.15) is 5.37 Å². The molecule has 1 aliphatic heterocycles. The van der Waals surface area contributed by atoms with E-state index in [1.54, 1.807) is 30.3 Å². The van der Waals surface area contributed by atoms with E-state index in [2.05, 4.69) is 0 Å². The van der Waals surface area contributed by atoms with Gasteiger partial charge in [0.2, 0.25) is 0 Å². The van der Waals surface area contributed by atoms with Gasteiger partial charge in [0.05, 0.1) is 4.90 Å². The third-order valence-corrected chi connectivity index (χ3v) is 5.30. The lowest BCUT2D eigenvalue weighted by Gasteiger charge is -2.33. The maximum absolute atomic E-state index is 12.5. The first-order valence-corrected chi connectivity index (χ1v) is 7.43. The van der Waals surface area contributed by atoms with Crippen molar-refractivity contribution in [2.24, 2.45) is 5.73 Å². The van der Waals surface area contributed by atoms with Crippen LogP contribution >= 0.6 is 0 Å². The number of carbonyl (C=O) groups is 1. The van der Waals surface area contributed by atoms with E-state index < -0.39 is 21.2 Å². The van der Waals surface area contributed by atoms with Gasteiger partial charge in [-0.15, -0.1) is 0 Å². The zero-order chi connectivity index (χ0) is 13.2. The number of primary amides is 1. The minimum absolute atomic E-state index is 0.239. The average Bonchev–Trinajstić information content (AvgIpc) is 2.39. The van der Waals surface area contributed by atoms with Crippen molar-refractivity contribution in [2.45, 2.75) is 29.5 Å². The molecule has 6 heteroatoms. The van der Waals surface area contributed by atoms with Gasteiger partial charge in [-0.05, 0) is 31.4 Å². The summed E-state index contributed by atoms with van der Waals surface area (Å²) >= 11 is 0. The molecule has 98 valence electrons. The van der Waals surface area contributed by atoms with Gasteiger partial charge in [0, 0.05) is 6.54 Å². The largest absolute Gasteiger partial charge is 0.351 e. The van der Waals surface area contributed by atoms with E-state index in [1.165, 1.54) is 4.90 Å². The Bertz CT molecular complexity index is 528. The summed E-state index contributed by atoms with van der Waals surface area (Å²) in [5.41, 5.74) is 5.25. The second kappa shape index (κ2) is 4.97. The van der Waals surface area contributed by atoms with Crippen LogP contribution in [0.1, 0.15) is 19.3 Å². The van der Waals surface area contributed by atoms with Gasteiger partial charge < -0.3 is 10.6 Å². The molecule has 0 bridgehead atoms. The highest BCUT2D eigenvalue weighted by atomic mass is 32.2. The van der Waals surface area contributed by atoms with Gasteiger partial charge in [0.25, 0.3) is 0 Å². The van der Waals surface area contributed by atoms with Gasteiger partial charge in [-0.2, -0.15) is 0 Å². The molecule has 2 rings (SSSR count). The quantitative estimate of drug-likeness (QED) is 0.879. The van der Waals surface area contributed by atoms with E-state index in [1.807, 2.05) is 0 Å². The van der Waals surface area contributed by atoms with Crippen molar-refractivity contribution in [3.63, 3.8) is 0 Å². The van der Waals surface area contributed by atoms with E-state index in [9.17, 15) is 13.2 Å². The Kier molecular flexibility index (Phi) is 3.56. The first-order chi connectivity index (χ1) is 8.53. The minimum Gasteiger partial charge on any atom is -0.351 e. The molecule has 1 saturated heterocycles. The summed E-state index contributed by atoms with van der Waals surface area (Å²) in [5, 5.41) is -0.828. The van der Waals surface area contributed by atoms with Crippen LogP contribution in [0.25, 0.3) is 0 Å². The number of likely N-dealkylation sites (tertiary alicyclic amines) is 1. The smallest absolute Gasteiger partial charge is 0.315 e. The molecule has 1 aromatic carbocycles. The molecular formula is C12H16N2O3S. The summed E-state index contributed by atoms with van der Waals surface area (Å²) in [7, 11) is -3.53. The number of urea groups is 1. The Morgan fingerprint density at radius 1 is 1.22 bits per heavy atom. The third kappa shape index (κ3) is 2.33. The fourth-order valence-electron chi connectivity index (χ4n) is 2.24. The number of sulfone groups is 1. The standard InChI is InChI=1S/C12H16N2O3S/c13-12(15)14-9-5-4-8-11(14)18(16,17)10-6-2-1-3-7-10/h1-3,6-7,11H,4-5,8-9H2,(H2,13,15). The fourth-order valence-corrected chi connectivity index (χ4v) is 4.11. The molecule has 0 radical (unpaired) electrons. The number of nitrogens with two attached hydrogens (primary N) is 1. The van der Waals surface area contributed by atoms with E-state index in [0.29, 0.717) is 13.0 Å². The zero-order valence-corrected chi connectivity index (χ0v) is 10.8. The molecule has 0 saturated carbocycles. The number of piperidine rings is 1. The van der Waals surface area contributed by atoms with Crippen LogP contribution in [0.15, 0.2) is 35.2 Å². The molecule has 1 aromatic rings. The maximum atomic E-state index is 12.5. The highest BCUT2D eigenvalue weighted by Gasteiger charge is 2.36. The average molecular weight is 268 g/mol. The van der Waals surface area contributed by atoms with E-state index >= 15 is 0 Å². The summed E-state index contributed by atoms with van der Waals surface area (Å²) in [6.45, 7) is 0.409. The molecule has 5 nitrogen and oxygen atoms in total. The zero-order valence-electron chi connectivity index (χ0n) is 9.95. The van der Waals surface area contributed by atoms with Gasteiger partial charge >= 0.3 is 6.03 Å². The predicted octanol–water partition coefficient (Wildman–Crippen LogP) is 1.35. The van der Waals surface area contributed by atoms with Crippen LogP contribution in [0.2, 0.25) is 0 Å². The van der Waals surface area contributed by atoms with Crippen molar-refractivity contribution in [2.75, 3.05) is 6.54 Å². The van der Waals surface area contributed by atoms with E-state index in [0.717, 1.165) is 12.8 Å². The molecule has 1 atom stereocenters. The third-order valence-electron chi connectivity index (χ3n) is 3.16. The van der Waals surface area contributed by atoms with Crippen LogP contribution in [-0.2, 0) is 9.84 Å². The SMILES string of the molecule is NC(=O)N1CCCCC1S(=O)(=O)c1ccccc1. The first kappa shape index (κ1) is 12.9. The molecule has 2 amide bonds. The molecule has 2 N–H and O–H groups in total. The van der Waals surface area contributed by atoms with Crippen LogP contribution in [-0.4, -0.2) is 31.3 Å². The molecule has 0 aromatic heterocycles. The normalized spacial score (nSPS) is 20.7. The molecule has 18 heavy (non-hydrogen) atoms. The highest BCUT2D eigenvalue weighted by Crippen LogP contribution is 2.26. The maximum Gasteiger partial charge on any atom is 0.315 e. The molecular weight excluding hydrogens is 252 g/mol. The topological polar surface area (TPSA) is 80.5 Å². The number of rotatable bonds is 2. The molecule has 0 spiro atoms. The number of carbonyl (C=O) groups excluding carboxylic acids is 1. The monoisotopic (exact) mass is 268 g/mol. The molecule has 1 aliphatic rings. The minimum atomic E-state index is -3.53. The van der Waals surface area contributed by atoms with Crippen LogP contribution < -0.4 is 5.73 Å². The lowest BCUT2D eigenvalue weighted by atomic mass is 10.1. The van der Waals surface area contributed by atoms with Crippen molar-refractivity contribution in [1.82, 2.24) is 4.90 Å². The lowest BCUT2D eigenvalue weighted by Crippen LogP contribution is -2.50. The van der Waals surface area contributed by atoms with Gasteiger partial charge in [-0.25, -0.2) is 13.2 Å². The molecule has 0 aliphatic carbocycles. The Morgan fingerprint density at radius 3 is 2.50 bits per heavy atom. The van der Waals surface area contributed by atoms with Crippen molar-refractivity contribution in [1.29, 1.82) is 0 Å². The van der Waals surface area contributed by atoms with Crippen molar-refractivity contribution in [3.8, 4) is 0 Å². The Balaban J connectivity index is 2.36. The Hall–Kier alpha value is -1.56. The van der Waals surface area contributed by atoms with Crippen LogP contribution in [0.3, 0.4) is 0 Å². The number of hydrogen-bond donors (Lipinski definition) is 1. The summed E-state index contributed by atoms with van der Waals surface area (Å²) in [6.07, 6.45) is 2.03. The summed E-state index contributed by atoms with van der Waals surface area (Å²) in [6, 6.07) is 7.52. The predicted molar refractivity (Wildman–Crippen MR) is 67.6 cm³/mol. The second-order valence-corrected chi connectivity index (χ2v) is 6.45. The van der Waals surface area contributed by atoms with Crippen molar-refractivity contribution < 1.29 is 13.2 Å². The van der Waals surface area contributed by atoms with E-state index in [4.69, 9.17) is 5.73 Å². The number of amides is 2. The summed E-state index contributed by atoms with van der Waals surface area (Å²) < 4.78 is 24.9. The van der Waals surface area contributed by atoms with Crippen molar-refractivity contribution in [3.05, 3.63) is 30.3 Å². The second-order valence-electron chi connectivity index (χ2n) is 4.34. The highest BCUT2D eigenvalue weighted by molar-refractivity contribution is 7.92. The van der Waals surface area contributed by atoms with Crippen LogP contribution in [0.5, 0.6) is 0 Å². The summed E-state index contributed by atoms with van der Waals surface area (Å²) in [4.78, 5) is 12.8. The van der Waals surface area contributed by atoms with Crippen molar-refractivity contribution >= 4 is 15.9 Å². The Labute approximate surface area is 107 Å². The molecule has 1 fully saturated rings. The lowest BCUT2D eigenvalue weighted by molar-refractivity contribution is 0.184. The van der Waals surface area contributed by atoms with Gasteiger partial charge in [0.15, 0.2) is 9.84 Å². The number of hydrogen-bond acceptors (Lipinski definition) is 3. The van der Waals surface area contributed by atoms with Crippen LogP contribution in [0.4, 0.5) is 4.79 Å². The molecule has 1 unspecified atom stereocenters. The fraction of sp³-hybridized carbons (Fsp3) is 0.417. The first-order valence-electron chi connectivity index (χ1n) is 5.88. The number of benzene rings is 1.